The molecule has 0 saturated heterocycles. The quantitative estimate of drug-likeness (QED) is 0.932. The molecule has 2 unspecified atom stereocenters. The summed E-state index contributed by atoms with van der Waals surface area (Å²) in [5, 5.41) is 8.10. The summed E-state index contributed by atoms with van der Waals surface area (Å²) in [6.45, 7) is 4.17. The Labute approximate surface area is 119 Å². The molecular formula is C16H21N3O. The van der Waals surface area contributed by atoms with Crippen molar-refractivity contribution in [2.45, 2.75) is 32.4 Å². The average molecular weight is 271 g/mol. The van der Waals surface area contributed by atoms with E-state index in [1.54, 1.807) is 7.11 Å². The minimum Gasteiger partial charge on any atom is -0.497 e. The summed E-state index contributed by atoms with van der Waals surface area (Å²) in [7, 11) is 3.72. The Bertz CT molecular complexity index is 633. The van der Waals surface area contributed by atoms with E-state index < -0.39 is 0 Å². The van der Waals surface area contributed by atoms with Crippen LogP contribution in [-0.4, -0.2) is 23.9 Å². The first-order chi connectivity index (χ1) is 9.63. The molecule has 0 bridgehead atoms. The smallest absolute Gasteiger partial charge is 0.119 e. The molecular weight excluding hydrogens is 250 g/mol. The molecule has 0 saturated carbocycles. The van der Waals surface area contributed by atoms with Gasteiger partial charge in [-0.3, -0.25) is 4.68 Å². The van der Waals surface area contributed by atoms with Crippen LogP contribution in [0.2, 0.25) is 0 Å². The highest BCUT2D eigenvalue weighted by Crippen LogP contribution is 2.40. The largest absolute Gasteiger partial charge is 0.497 e. The molecule has 0 aliphatic heterocycles. The highest BCUT2D eigenvalue weighted by molar-refractivity contribution is 5.42. The highest BCUT2D eigenvalue weighted by atomic mass is 16.5. The SMILES string of the molecule is CNC1c2cc(OC)ccc2CC1n1nc(C)cc1C. The number of methoxy groups -OCH3 is 1. The monoisotopic (exact) mass is 271 g/mol. The predicted molar refractivity (Wildman–Crippen MR) is 79.2 cm³/mol. The molecule has 1 aromatic carbocycles. The summed E-state index contributed by atoms with van der Waals surface area (Å²) in [6.07, 6.45) is 1.01. The number of benzene rings is 1. The minimum absolute atomic E-state index is 0.276. The number of hydrogen-bond acceptors (Lipinski definition) is 3. The van der Waals surface area contributed by atoms with Crippen LogP contribution in [0.15, 0.2) is 24.3 Å². The summed E-state index contributed by atoms with van der Waals surface area (Å²) in [5.74, 6) is 0.915. The summed E-state index contributed by atoms with van der Waals surface area (Å²) >= 11 is 0. The standard InChI is InChI=1S/C16H21N3O/c1-10-7-11(2)19(18-10)15-8-12-5-6-13(20-4)9-14(12)16(15)17-3/h5-7,9,15-17H,8H2,1-4H3. The summed E-state index contributed by atoms with van der Waals surface area (Å²) in [4.78, 5) is 0. The maximum Gasteiger partial charge on any atom is 0.119 e. The zero-order valence-corrected chi connectivity index (χ0v) is 12.5. The maximum atomic E-state index is 5.35. The molecule has 0 spiro atoms. The van der Waals surface area contributed by atoms with Gasteiger partial charge in [0.25, 0.3) is 0 Å². The Balaban J connectivity index is 2.02. The lowest BCUT2D eigenvalue weighted by Gasteiger charge is -2.22. The Kier molecular flexibility index (Phi) is 3.26. The van der Waals surface area contributed by atoms with Gasteiger partial charge in [-0.1, -0.05) is 6.07 Å². The summed E-state index contributed by atoms with van der Waals surface area (Å²) in [6, 6.07) is 9.09. The third-order valence-electron chi connectivity index (χ3n) is 4.17. The van der Waals surface area contributed by atoms with E-state index in [2.05, 4.69) is 40.2 Å². The lowest BCUT2D eigenvalue weighted by molar-refractivity contribution is 0.363. The fraction of sp³-hybridized carbons (Fsp3) is 0.438. The van der Waals surface area contributed by atoms with Crippen LogP contribution in [0.25, 0.3) is 0 Å². The molecule has 0 fully saturated rings. The number of ether oxygens (including phenoxy) is 1. The second-order valence-electron chi connectivity index (χ2n) is 5.47. The third kappa shape index (κ3) is 2.00. The lowest BCUT2D eigenvalue weighted by atomic mass is 10.1. The molecule has 20 heavy (non-hydrogen) atoms. The molecule has 1 aliphatic rings. The molecule has 1 heterocycles. The topological polar surface area (TPSA) is 39.1 Å². The van der Waals surface area contributed by atoms with Gasteiger partial charge in [0, 0.05) is 5.69 Å². The fourth-order valence-electron chi connectivity index (χ4n) is 3.28. The van der Waals surface area contributed by atoms with Gasteiger partial charge in [-0.05, 0) is 56.6 Å². The average Bonchev–Trinajstić information content (AvgIpc) is 2.96. The number of likely N-dealkylation sites (N-methyl/N-ethyl adjacent to an activating group) is 1. The molecule has 1 N–H and O–H groups in total. The molecule has 2 aromatic rings. The van der Waals surface area contributed by atoms with Crippen molar-refractivity contribution < 1.29 is 4.74 Å². The number of nitrogens with zero attached hydrogens (tertiary/aromatic N) is 2. The first kappa shape index (κ1) is 13.2. The van der Waals surface area contributed by atoms with Gasteiger partial charge < -0.3 is 10.1 Å². The first-order valence-corrected chi connectivity index (χ1v) is 7.01. The van der Waals surface area contributed by atoms with Crippen LogP contribution in [0.3, 0.4) is 0 Å². The zero-order chi connectivity index (χ0) is 14.3. The maximum absolute atomic E-state index is 5.35. The lowest BCUT2D eigenvalue weighted by Crippen LogP contribution is -2.25. The van der Waals surface area contributed by atoms with Crippen molar-refractivity contribution in [1.82, 2.24) is 15.1 Å². The van der Waals surface area contributed by atoms with E-state index in [-0.39, 0.29) is 6.04 Å². The summed E-state index contributed by atoms with van der Waals surface area (Å²) < 4.78 is 7.51. The fourth-order valence-corrected chi connectivity index (χ4v) is 3.28. The number of nitrogens with one attached hydrogen (secondary N) is 1. The van der Waals surface area contributed by atoms with E-state index in [1.807, 2.05) is 20.0 Å². The highest BCUT2D eigenvalue weighted by Gasteiger charge is 2.34. The van der Waals surface area contributed by atoms with Gasteiger partial charge >= 0.3 is 0 Å². The number of fused-ring (bicyclic) bond motifs is 1. The van der Waals surface area contributed by atoms with Gasteiger partial charge in [0.05, 0.1) is 24.9 Å². The molecule has 1 aliphatic carbocycles. The number of rotatable bonds is 3. The van der Waals surface area contributed by atoms with E-state index in [0.717, 1.165) is 17.9 Å². The Hall–Kier alpha value is -1.81. The number of hydrogen-bond donors (Lipinski definition) is 1. The van der Waals surface area contributed by atoms with E-state index in [9.17, 15) is 0 Å². The van der Waals surface area contributed by atoms with Crippen molar-refractivity contribution in [2.75, 3.05) is 14.2 Å². The van der Waals surface area contributed by atoms with E-state index in [1.165, 1.54) is 16.8 Å². The van der Waals surface area contributed by atoms with Crippen molar-refractivity contribution in [3.8, 4) is 5.75 Å². The van der Waals surface area contributed by atoms with Gasteiger partial charge in [-0.15, -0.1) is 0 Å². The number of aryl methyl sites for hydroxylation is 2. The van der Waals surface area contributed by atoms with Crippen molar-refractivity contribution >= 4 is 0 Å². The van der Waals surface area contributed by atoms with Crippen LogP contribution in [0.5, 0.6) is 5.75 Å². The molecule has 4 nitrogen and oxygen atoms in total. The second-order valence-corrected chi connectivity index (χ2v) is 5.47. The van der Waals surface area contributed by atoms with Crippen LogP contribution in [0.1, 0.15) is 34.6 Å². The molecule has 3 rings (SSSR count). The third-order valence-corrected chi connectivity index (χ3v) is 4.17. The van der Waals surface area contributed by atoms with Crippen LogP contribution < -0.4 is 10.1 Å². The van der Waals surface area contributed by atoms with Crippen molar-refractivity contribution in [3.63, 3.8) is 0 Å². The van der Waals surface area contributed by atoms with Crippen molar-refractivity contribution in [2.24, 2.45) is 0 Å². The van der Waals surface area contributed by atoms with Gasteiger partial charge in [-0.25, -0.2) is 0 Å². The van der Waals surface area contributed by atoms with E-state index >= 15 is 0 Å². The molecule has 0 amide bonds. The van der Waals surface area contributed by atoms with Crippen molar-refractivity contribution in [1.29, 1.82) is 0 Å². The van der Waals surface area contributed by atoms with Crippen molar-refractivity contribution in [3.05, 3.63) is 46.8 Å². The number of aromatic nitrogens is 2. The molecule has 1 aromatic heterocycles. The van der Waals surface area contributed by atoms with Crippen LogP contribution >= 0.6 is 0 Å². The molecule has 106 valence electrons. The Morgan fingerprint density at radius 2 is 2.10 bits per heavy atom. The molecule has 4 heteroatoms. The minimum atomic E-state index is 0.276. The van der Waals surface area contributed by atoms with Gasteiger partial charge in [0.2, 0.25) is 0 Å². The van der Waals surface area contributed by atoms with Crippen LogP contribution in [-0.2, 0) is 6.42 Å². The normalized spacial score (nSPS) is 21.0. The van der Waals surface area contributed by atoms with Gasteiger partial charge in [0.1, 0.15) is 5.75 Å². The van der Waals surface area contributed by atoms with Crippen LogP contribution in [0.4, 0.5) is 0 Å². The second kappa shape index (κ2) is 4.94. The molecule has 2 atom stereocenters. The van der Waals surface area contributed by atoms with E-state index in [4.69, 9.17) is 4.74 Å². The summed E-state index contributed by atoms with van der Waals surface area (Å²) in [5.41, 5.74) is 4.99. The Morgan fingerprint density at radius 1 is 1.30 bits per heavy atom. The predicted octanol–water partition coefficient (Wildman–Crippen LogP) is 2.57. The first-order valence-electron chi connectivity index (χ1n) is 7.01. The zero-order valence-electron chi connectivity index (χ0n) is 12.5. The van der Waals surface area contributed by atoms with E-state index in [0.29, 0.717) is 6.04 Å². The van der Waals surface area contributed by atoms with Gasteiger partial charge in [0.15, 0.2) is 0 Å². The Morgan fingerprint density at radius 3 is 2.70 bits per heavy atom. The van der Waals surface area contributed by atoms with Crippen LogP contribution in [0, 0.1) is 13.8 Å². The molecule has 0 radical (unpaired) electrons. The van der Waals surface area contributed by atoms with Gasteiger partial charge in [-0.2, -0.15) is 5.10 Å².